The van der Waals surface area contributed by atoms with Gasteiger partial charge in [0.2, 0.25) is 0 Å². The van der Waals surface area contributed by atoms with Crippen LogP contribution in [-0.4, -0.2) is 4.57 Å². The number of nitrogens with zero attached hydrogens (tertiary/aromatic N) is 1. The maximum Gasteiger partial charge on any atom is 0.417 e. The third-order valence-electron chi connectivity index (χ3n) is 8.43. The summed E-state index contributed by atoms with van der Waals surface area (Å²) in [7, 11) is 0. The summed E-state index contributed by atoms with van der Waals surface area (Å²) >= 11 is 0. The van der Waals surface area contributed by atoms with Crippen LogP contribution < -0.4 is 0 Å². The Morgan fingerprint density at radius 1 is 0.395 bits per heavy atom. The number of rotatable bonds is 3. The maximum absolute atomic E-state index is 14.2. The number of fused-ring (bicyclic) bond motifs is 5. The highest BCUT2D eigenvalue weighted by atomic mass is 19.4. The molecule has 0 radical (unpaired) electrons. The summed E-state index contributed by atoms with van der Waals surface area (Å²) in [6.45, 7) is 0. The van der Waals surface area contributed by atoms with Gasteiger partial charge in [0.1, 0.15) is 0 Å². The van der Waals surface area contributed by atoms with Crippen LogP contribution in [0, 0.1) is 0 Å². The van der Waals surface area contributed by atoms with E-state index in [-0.39, 0.29) is 5.56 Å². The van der Waals surface area contributed by atoms with E-state index in [0.717, 1.165) is 49.4 Å². The molecule has 8 aromatic rings. The fourth-order valence-corrected chi connectivity index (χ4v) is 6.66. The van der Waals surface area contributed by atoms with Gasteiger partial charge >= 0.3 is 6.18 Å². The van der Waals surface area contributed by atoms with Crippen LogP contribution in [0.2, 0.25) is 0 Å². The average Bonchev–Trinajstić information content (AvgIpc) is 3.38. The Kier molecular flexibility index (Phi) is 5.66. The minimum absolute atomic E-state index is 0.190. The van der Waals surface area contributed by atoms with Crippen molar-refractivity contribution in [2.24, 2.45) is 0 Å². The fraction of sp³-hybridized carbons (Fsp3) is 0.0256. The number of halogens is 3. The van der Waals surface area contributed by atoms with Gasteiger partial charge in [-0.25, -0.2) is 0 Å². The zero-order valence-electron chi connectivity index (χ0n) is 22.9. The van der Waals surface area contributed by atoms with Crippen LogP contribution in [-0.2, 0) is 6.18 Å². The van der Waals surface area contributed by atoms with Crippen molar-refractivity contribution in [2.45, 2.75) is 6.18 Å². The van der Waals surface area contributed by atoms with Crippen LogP contribution >= 0.6 is 0 Å². The monoisotopic (exact) mass is 563 g/mol. The molecule has 0 amide bonds. The van der Waals surface area contributed by atoms with Gasteiger partial charge in [0.05, 0.1) is 16.6 Å². The molecule has 0 atom stereocenters. The van der Waals surface area contributed by atoms with Gasteiger partial charge in [0.25, 0.3) is 0 Å². The number of hydrogen-bond donors (Lipinski definition) is 0. The molecule has 1 heterocycles. The Morgan fingerprint density at radius 2 is 0.814 bits per heavy atom. The summed E-state index contributed by atoms with van der Waals surface area (Å²) in [6, 6.07) is 46.8. The van der Waals surface area contributed by atoms with E-state index >= 15 is 0 Å². The van der Waals surface area contributed by atoms with Gasteiger partial charge in [0, 0.05) is 16.5 Å². The molecule has 43 heavy (non-hydrogen) atoms. The van der Waals surface area contributed by atoms with Gasteiger partial charge in [-0.05, 0) is 74.1 Å². The van der Waals surface area contributed by atoms with Gasteiger partial charge in [0.15, 0.2) is 0 Å². The molecular weight excluding hydrogens is 539 g/mol. The molecule has 0 N–H and O–H groups in total. The quantitative estimate of drug-likeness (QED) is 0.188. The van der Waals surface area contributed by atoms with Gasteiger partial charge < -0.3 is 4.57 Å². The first-order valence-corrected chi connectivity index (χ1v) is 14.2. The molecule has 0 fully saturated rings. The first kappa shape index (κ1) is 25.4. The predicted molar refractivity (Wildman–Crippen MR) is 172 cm³/mol. The summed E-state index contributed by atoms with van der Waals surface area (Å²) in [5.41, 5.74) is 5.50. The van der Waals surface area contributed by atoms with Crippen molar-refractivity contribution in [3.63, 3.8) is 0 Å². The summed E-state index contributed by atoms with van der Waals surface area (Å²) < 4.78 is 45.0. The van der Waals surface area contributed by atoms with Crippen molar-refractivity contribution in [1.29, 1.82) is 0 Å². The second-order valence-corrected chi connectivity index (χ2v) is 10.8. The highest BCUT2D eigenvalue weighted by Gasteiger charge is 2.34. The molecule has 1 aromatic heterocycles. The van der Waals surface area contributed by atoms with E-state index in [1.165, 1.54) is 22.9 Å². The maximum atomic E-state index is 14.2. The summed E-state index contributed by atoms with van der Waals surface area (Å²) in [4.78, 5) is 0. The largest absolute Gasteiger partial charge is 0.417 e. The lowest BCUT2D eigenvalue weighted by Crippen LogP contribution is -2.07. The number of benzene rings is 7. The molecule has 8 rings (SSSR count). The van der Waals surface area contributed by atoms with Crippen LogP contribution in [0.15, 0.2) is 146 Å². The van der Waals surface area contributed by atoms with E-state index in [1.54, 1.807) is 12.1 Å². The molecule has 0 aliphatic heterocycles. The summed E-state index contributed by atoms with van der Waals surface area (Å²) in [6.07, 6.45) is -4.47. The highest BCUT2D eigenvalue weighted by Crippen LogP contribution is 2.47. The van der Waals surface area contributed by atoms with Crippen molar-refractivity contribution in [3.8, 4) is 27.9 Å². The Bertz CT molecular complexity index is 2220. The van der Waals surface area contributed by atoms with Crippen molar-refractivity contribution in [2.75, 3.05) is 0 Å². The third kappa shape index (κ3) is 3.94. The highest BCUT2D eigenvalue weighted by molar-refractivity contribution is 6.21. The van der Waals surface area contributed by atoms with Gasteiger partial charge in [-0.1, -0.05) is 115 Å². The molecule has 1 nitrogen and oxygen atoms in total. The zero-order valence-corrected chi connectivity index (χ0v) is 22.9. The molecule has 206 valence electrons. The number of hydrogen-bond acceptors (Lipinski definition) is 0. The SMILES string of the molecule is FC(F)(F)c1ccccc1-c1c2ccccc2c(-c2ccc(-n3c4ccccc4c4ccccc43)cc2)c2ccccc12. The van der Waals surface area contributed by atoms with Gasteiger partial charge in [-0.2, -0.15) is 13.2 Å². The lowest BCUT2D eigenvalue weighted by atomic mass is 9.84. The molecule has 0 aliphatic carbocycles. The van der Waals surface area contributed by atoms with E-state index in [1.807, 2.05) is 48.5 Å². The molecule has 0 saturated carbocycles. The van der Waals surface area contributed by atoms with Gasteiger partial charge in [-0.3, -0.25) is 0 Å². The Labute approximate surface area is 246 Å². The smallest absolute Gasteiger partial charge is 0.309 e. The number of alkyl halides is 3. The van der Waals surface area contributed by atoms with Gasteiger partial charge in [-0.15, -0.1) is 0 Å². The van der Waals surface area contributed by atoms with E-state index in [0.29, 0.717) is 5.56 Å². The first-order chi connectivity index (χ1) is 21.0. The molecule has 0 spiro atoms. The number of para-hydroxylation sites is 2. The normalized spacial score (nSPS) is 12.1. The summed E-state index contributed by atoms with van der Waals surface area (Å²) in [5.74, 6) is 0. The summed E-state index contributed by atoms with van der Waals surface area (Å²) in [5, 5.41) is 5.82. The molecule has 0 aliphatic rings. The van der Waals surface area contributed by atoms with Crippen molar-refractivity contribution in [1.82, 2.24) is 4.57 Å². The lowest BCUT2D eigenvalue weighted by Gasteiger charge is -2.20. The Balaban J connectivity index is 1.38. The molecule has 0 bridgehead atoms. The van der Waals surface area contributed by atoms with Crippen LogP contribution in [0.4, 0.5) is 13.2 Å². The van der Waals surface area contributed by atoms with Crippen LogP contribution in [0.25, 0.3) is 71.3 Å². The minimum Gasteiger partial charge on any atom is -0.309 e. The topological polar surface area (TPSA) is 4.93 Å². The second kappa shape index (κ2) is 9.60. The van der Waals surface area contributed by atoms with E-state index in [9.17, 15) is 13.2 Å². The second-order valence-electron chi connectivity index (χ2n) is 10.8. The molecular formula is C39H24F3N. The van der Waals surface area contributed by atoms with Crippen LogP contribution in [0.3, 0.4) is 0 Å². The minimum atomic E-state index is -4.47. The zero-order chi connectivity index (χ0) is 29.1. The Morgan fingerprint density at radius 3 is 1.33 bits per heavy atom. The van der Waals surface area contributed by atoms with Crippen LogP contribution in [0.5, 0.6) is 0 Å². The average molecular weight is 564 g/mol. The van der Waals surface area contributed by atoms with Crippen molar-refractivity contribution < 1.29 is 13.2 Å². The van der Waals surface area contributed by atoms with Crippen molar-refractivity contribution >= 4 is 43.4 Å². The molecule has 4 heteroatoms. The Hall–Kier alpha value is -5.35. The van der Waals surface area contributed by atoms with Crippen LogP contribution in [0.1, 0.15) is 5.56 Å². The van der Waals surface area contributed by atoms with E-state index < -0.39 is 11.7 Å². The number of aromatic nitrogens is 1. The fourth-order valence-electron chi connectivity index (χ4n) is 6.66. The third-order valence-corrected chi connectivity index (χ3v) is 8.43. The first-order valence-electron chi connectivity index (χ1n) is 14.2. The lowest BCUT2D eigenvalue weighted by molar-refractivity contribution is -0.137. The molecule has 0 unspecified atom stereocenters. The molecule has 7 aromatic carbocycles. The predicted octanol–water partition coefficient (Wildman–Crippen LogP) is 11.4. The van der Waals surface area contributed by atoms with E-state index in [4.69, 9.17) is 0 Å². The standard InChI is InChI=1S/C39H24F3N/c40-39(41,42)34-18-8-5-17-33(34)38-31-15-3-1-13-29(31)37(30-14-2-4-16-32(30)38)25-21-23-26(24-22-25)43-35-19-9-6-11-27(35)28-12-7-10-20-36(28)43/h1-24H. The van der Waals surface area contributed by atoms with Crippen molar-refractivity contribution in [3.05, 3.63) is 151 Å². The molecule has 0 saturated heterocycles. The van der Waals surface area contributed by atoms with E-state index in [2.05, 4.69) is 77.4 Å².